The van der Waals surface area contributed by atoms with Gasteiger partial charge in [0.2, 0.25) is 5.91 Å². The van der Waals surface area contributed by atoms with E-state index in [-0.39, 0.29) is 18.3 Å². The van der Waals surface area contributed by atoms with Gasteiger partial charge in [-0.25, -0.2) is 0 Å². The number of anilines is 1. The van der Waals surface area contributed by atoms with Gasteiger partial charge >= 0.3 is 0 Å². The molecule has 10 heteroatoms. The summed E-state index contributed by atoms with van der Waals surface area (Å²) in [5.74, 6) is 2.38. The van der Waals surface area contributed by atoms with Crippen molar-refractivity contribution < 1.29 is 14.1 Å². The van der Waals surface area contributed by atoms with Crippen molar-refractivity contribution in [1.82, 2.24) is 19.9 Å². The highest BCUT2D eigenvalue weighted by atomic mass is 35.5. The number of nitrogens with one attached hydrogen (secondary N) is 1. The van der Waals surface area contributed by atoms with Crippen molar-refractivity contribution in [1.29, 1.82) is 0 Å². The molecule has 0 spiro atoms. The number of amides is 1. The van der Waals surface area contributed by atoms with E-state index in [0.29, 0.717) is 33.5 Å². The number of para-hydroxylation sites is 1. The fraction of sp³-hybridized carbons (Fsp3) is 0.333. The highest BCUT2D eigenvalue weighted by Gasteiger charge is 2.30. The second-order valence-electron chi connectivity index (χ2n) is 6.38. The van der Waals surface area contributed by atoms with Crippen molar-refractivity contribution in [3.8, 4) is 5.75 Å². The van der Waals surface area contributed by atoms with Crippen LogP contribution in [-0.2, 0) is 11.4 Å². The van der Waals surface area contributed by atoms with Crippen LogP contribution in [0.2, 0.25) is 5.02 Å². The van der Waals surface area contributed by atoms with Crippen LogP contribution in [0.15, 0.2) is 40.0 Å². The number of carbonyl (C=O) groups excluding carboxylic acids is 1. The number of thioether (sulfide) groups is 1. The first-order chi connectivity index (χ1) is 13.6. The molecule has 1 saturated carbocycles. The number of nitrogens with zero attached hydrogens (tertiary/aromatic N) is 4. The molecular weight excluding hydrogens is 402 g/mol. The summed E-state index contributed by atoms with van der Waals surface area (Å²) < 4.78 is 12.8. The van der Waals surface area contributed by atoms with E-state index in [9.17, 15) is 4.79 Å². The second-order valence-corrected chi connectivity index (χ2v) is 7.73. The number of ether oxygens (including phenoxy) is 1. The lowest BCUT2D eigenvalue weighted by atomic mass is 10.3. The summed E-state index contributed by atoms with van der Waals surface area (Å²) in [6.45, 7) is 2.03. The maximum absolute atomic E-state index is 12.1. The smallest absolute Gasteiger partial charge is 0.236 e. The molecule has 0 saturated heterocycles. The van der Waals surface area contributed by atoms with Crippen LogP contribution >= 0.6 is 23.4 Å². The molecule has 1 amide bonds. The van der Waals surface area contributed by atoms with Gasteiger partial charge in [-0.3, -0.25) is 9.36 Å². The average Bonchev–Trinajstić information content (AvgIpc) is 3.31. The van der Waals surface area contributed by atoms with Gasteiger partial charge in [-0.15, -0.1) is 10.2 Å². The van der Waals surface area contributed by atoms with Gasteiger partial charge < -0.3 is 14.6 Å². The van der Waals surface area contributed by atoms with Gasteiger partial charge in [-0.1, -0.05) is 40.7 Å². The Morgan fingerprint density at radius 3 is 2.93 bits per heavy atom. The summed E-state index contributed by atoms with van der Waals surface area (Å²) in [6.07, 6.45) is 2.13. The summed E-state index contributed by atoms with van der Waals surface area (Å²) in [5, 5.41) is 16.2. The lowest BCUT2D eigenvalue weighted by Crippen LogP contribution is -2.15. The third-order valence-corrected chi connectivity index (χ3v) is 5.32. The molecule has 2 aromatic heterocycles. The van der Waals surface area contributed by atoms with Gasteiger partial charge in [0.1, 0.15) is 18.1 Å². The second kappa shape index (κ2) is 8.24. The van der Waals surface area contributed by atoms with E-state index < -0.39 is 0 Å². The number of hydrogen-bond donors (Lipinski definition) is 1. The monoisotopic (exact) mass is 419 g/mol. The van der Waals surface area contributed by atoms with Crippen molar-refractivity contribution in [2.75, 3.05) is 11.1 Å². The van der Waals surface area contributed by atoms with Crippen LogP contribution in [0, 0.1) is 6.92 Å². The van der Waals surface area contributed by atoms with Crippen LogP contribution in [0.1, 0.15) is 30.5 Å². The van der Waals surface area contributed by atoms with Gasteiger partial charge in [0.25, 0.3) is 0 Å². The zero-order chi connectivity index (χ0) is 19.5. The van der Waals surface area contributed by atoms with Gasteiger partial charge in [-0.2, -0.15) is 0 Å². The first-order valence-corrected chi connectivity index (χ1v) is 10.1. The number of carbonyl (C=O) groups is 1. The standard InChI is InChI=1S/C18H18ClN5O3S/c1-11-8-15(23-27-11)20-17(25)10-28-18-22-21-16(24(18)12-6-7-12)9-26-14-5-3-2-4-13(14)19/h2-5,8,12H,6-7,9-10H2,1H3,(H,20,23,25). The van der Waals surface area contributed by atoms with Crippen molar-refractivity contribution >= 4 is 35.1 Å². The minimum absolute atomic E-state index is 0.183. The number of halogens is 1. The molecule has 0 bridgehead atoms. The van der Waals surface area contributed by atoms with Crippen LogP contribution in [0.5, 0.6) is 5.75 Å². The molecule has 3 aromatic rings. The minimum atomic E-state index is -0.183. The summed E-state index contributed by atoms with van der Waals surface area (Å²) in [5.41, 5.74) is 0. The molecule has 28 heavy (non-hydrogen) atoms. The Bertz CT molecular complexity index is 985. The number of hydrogen-bond acceptors (Lipinski definition) is 7. The van der Waals surface area contributed by atoms with Crippen LogP contribution in [0.4, 0.5) is 5.82 Å². The summed E-state index contributed by atoms with van der Waals surface area (Å²) in [4.78, 5) is 12.1. The molecule has 0 radical (unpaired) electrons. The molecule has 0 atom stereocenters. The lowest BCUT2D eigenvalue weighted by molar-refractivity contribution is -0.113. The minimum Gasteiger partial charge on any atom is -0.484 e. The molecule has 8 nitrogen and oxygen atoms in total. The van der Waals surface area contributed by atoms with Gasteiger partial charge in [-0.05, 0) is 31.9 Å². The van der Waals surface area contributed by atoms with Crippen molar-refractivity contribution in [3.63, 3.8) is 0 Å². The number of aromatic nitrogens is 4. The zero-order valence-electron chi connectivity index (χ0n) is 15.1. The van der Waals surface area contributed by atoms with Crippen molar-refractivity contribution in [2.24, 2.45) is 0 Å². The number of benzene rings is 1. The number of aryl methyl sites for hydroxylation is 1. The Morgan fingerprint density at radius 2 is 2.21 bits per heavy atom. The molecule has 1 aliphatic rings. The lowest BCUT2D eigenvalue weighted by Gasteiger charge is -2.10. The van der Waals surface area contributed by atoms with E-state index in [1.807, 2.05) is 18.2 Å². The summed E-state index contributed by atoms with van der Waals surface area (Å²) in [7, 11) is 0. The molecule has 2 heterocycles. The largest absolute Gasteiger partial charge is 0.484 e. The predicted octanol–water partition coefficient (Wildman–Crippen LogP) is 3.87. The Labute approximate surface area is 170 Å². The first kappa shape index (κ1) is 18.8. The van der Waals surface area contributed by atoms with E-state index in [1.165, 1.54) is 11.8 Å². The van der Waals surface area contributed by atoms with E-state index in [0.717, 1.165) is 18.7 Å². The topological polar surface area (TPSA) is 95.1 Å². The molecule has 1 aromatic carbocycles. The molecule has 1 fully saturated rings. The molecule has 4 rings (SSSR count). The fourth-order valence-electron chi connectivity index (χ4n) is 2.64. The third-order valence-electron chi connectivity index (χ3n) is 4.07. The third kappa shape index (κ3) is 4.48. The van der Waals surface area contributed by atoms with Crippen molar-refractivity contribution in [2.45, 2.75) is 37.6 Å². The normalized spacial score (nSPS) is 13.5. The van der Waals surface area contributed by atoms with Crippen molar-refractivity contribution in [3.05, 3.63) is 46.9 Å². The summed E-state index contributed by atoms with van der Waals surface area (Å²) in [6, 6.07) is 9.32. The molecular formula is C18H18ClN5O3S. The summed E-state index contributed by atoms with van der Waals surface area (Å²) >= 11 is 7.47. The number of rotatable bonds is 8. The predicted molar refractivity (Wildman–Crippen MR) is 105 cm³/mol. The van der Waals surface area contributed by atoms with Crippen LogP contribution in [-0.4, -0.2) is 31.6 Å². The van der Waals surface area contributed by atoms with Gasteiger partial charge in [0.05, 0.1) is 10.8 Å². The fourth-order valence-corrected chi connectivity index (χ4v) is 3.66. The SMILES string of the molecule is Cc1cc(NC(=O)CSc2nnc(COc3ccccc3Cl)n2C2CC2)no1. The molecule has 0 unspecified atom stereocenters. The van der Waals surface area contributed by atoms with Crippen LogP contribution in [0.25, 0.3) is 0 Å². The van der Waals surface area contributed by atoms with Crippen LogP contribution < -0.4 is 10.1 Å². The van der Waals surface area contributed by atoms with Gasteiger partial charge in [0, 0.05) is 12.1 Å². The van der Waals surface area contributed by atoms with E-state index >= 15 is 0 Å². The zero-order valence-corrected chi connectivity index (χ0v) is 16.7. The van der Waals surface area contributed by atoms with Crippen LogP contribution in [0.3, 0.4) is 0 Å². The Kier molecular flexibility index (Phi) is 5.54. The quantitative estimate of drug-likeness (QED) is 0.553. The molecule has 1 aliphatic carbocycles. The highest BCUT2D eigenvalue weighted by molar-refractivity contribution is 7.99. The molecule has 146 valence electrons. The first-order valence-electron chi connectivity index (χ1n) is 8.77. The van der Waals surface area contributed by atoms with E-state index in [2.05, 4.69) is 25.2 Å². The molecule has 0 aliphatic heterocycles. The Balaban J connectivity index is 1.39. The Hall–Kier alpha value is -2.52. The molecule has 1 N–H and O–H groups in total. The van der Waals surface area contributed by atoms with E-state index in [1.54, 1.807) is 19.1 Å². The highest BCUT2D eigenvalue weighted by Crippen LogP contribution is 2.39. The maximum Gasteiger partial charge on any atom is 0.236 e. The van der Waals surface area contributed by atoms with Gasteiger partial charge in [0.15, 0.2) is 16.8 Å². The maximum atomic E-state index is 12.1. The Morgan fingerprint density at radius 1 is 1.39 bits per heavy atom. The van der Waals surface area contributed by atoms with E-state index in [4.69, 9.17) is 20.9 Å². The average molecular weight is 420 g/mol.